The van der Waals surface area contributed by atoms with Gasteiger partial charge in [-0.1, -0.05) is 13.8 Å². The van der Waals surface area contributed by atoms with Crippen LogP contribution in [-0.2, 0) is 28.6 Å². The summed E-state index contributed by atoms with van der Waals surface area (Å²) in [7, 11) is 0. The van der Waals surface area contributed by atoms with Crippen LogP contribution in [0.4, 0.5) is 0 Å². The fraction of sp³-hybridized carbons (Fsp3) is 0.889. The van der Waals surface area contributed by atoms with E-state index in [1.54, 1.807) is 0 Å². The van der Waals surface area contributed by atoms with Gasteiger partial charge in [0, 0.05) is 32.6 Å². The van der Waals surface area contributed by atoms with Crippen LogP contribution >= 0.6 is 0 Å². The highest BCUT2D eigenvalue weighted by molar-refractivity contribution is 5.67. The highest BCUT2D eigenvalue weighted by Crippen LogP contribution is 2.68. The number of hydrogen-bond donors (Lipinski definition) is 0. The molecule has 0 unspecified atom stereocenters. The van der Waals surface area contributed by atoms with Crippen LogP contribution in [0.2, 0.25) is 0 Å². The molecule has 0 saturated heterocycles. The predicted octanol–water partition coefficient (Wildman–Crippen LogP) is 5.07. The highest BCUT2D eigenvalue weighted by atomic mass is 16.6. The van der Waals surface area contributed by atoms with Gasteiger partial charge in [-0.15, -0.1) is 0 Å². The number of hydrogen-bond acceptors (Lipinski definition) is 6. The second-order valence-electron chi connectivity index (χ2n) is 11.9. The van der Waals surface area contributed by atoms with Crippen molar-refractivity contribution in [3.05, 3.63) is 0 Å². The lowest BCUT2D eigenvalue weighted by molar-refractivity contribution is -0.203. The molecule has 6 nitrogen and oxygen atoms in total. The first-order valence-corrected chi connectivity index (χ1v) is 13.0. The quantitative estimate of drug-likeness (QED) is 0.429. The van der Waals surface area contributed by atoms with Crippen LogP contribution in [0.5, 0.6) is 0 Å². The molecule has 0 amide bonds. The van der Waals surface area contributed by atoms with Gasteiger partial charge in [0.1, 0.15) is 18.3 Å². The molecule has 0 N–H and O–H groups in total. The first-order valence-electron chi connectivity index (χ1n) is 13.0. The Labute approximate surface area is 198 Å². The fourth-order valence-corrected chi connectivity index (χ4v) is 9.13. The Morgan fingerprint density at radius 3 is 2.18 bits per heavy atom. The van der Waals surface area contributed by atoms with Crippen LogP contribution < -0.4 is 0 Å². The zero-order chi connectivity index (χ0) is 24.1. The smallest absolute Gasteiger partial charge is 0.302 e. The number of rotatable bonds is 4. The van der Waals surface area contributed by atoms with Crippen molar-refractivity contribution < 1.29 is 28.6 Å². The first-order chi connectivity index (χ1) is 15.5. The van der Waals surface area contributed by atoms with E-state index in [4.69, 9.17) is 14.2 Å². The number of esters is 3. The maximum atomic E-state index is 12.2. The first kappa shape index (κ1) is 24.5. The summed E-state index contributed by atoms with van der Waals surface area (Å²) in [6, 6.07) is 0. The normalized spacial score (nSPS) is 45.1. The standard InChI is InChI=1S/C27H42O6/c1-15(31-16(2)28)22-9-10-23-21-8-7-19-13-20(32-17(3)29)11-12-26(19,5)25(21)24(33-18(4)30)14-27(22,23)6/h15,19-25H,7-14H2,1-6H3/t15-,19+,20+,21+,22+,23-,24+,25-,26+,27+/m0/s1. The summed E-state index contributed by atoms with van der Waals surface area (Å²) in [6.07, 6.45) is 7.89. The Morgan fingerprint density at radius 1 is 0.848 bits per heavy atom. The van der Waals surface area contributed by atoms with Gasteiger partial charge in [-0.3, -0.25) is 14.4 Å². The molecule has 4 saturated carbocycles. The van der Waals surface area contributed by atoms with Crippen molar-refractivity contribution in [1.82, 2.24) is 0 Å². The average Bonchev–Trinajstić information content (AvgIpc) is 3.03. The SMILES string of the molecule is CC(=O)O[C@@H]1CC[C@]2(C)[C@H](CC[C@H]3[C@H]2[C@H](OC(C)=O)C[C@]2(C)[C@@H]([C@H](C)OC(C)=O)CC[C@@H]32)C1. The molecular formula is C27H42O6. The summed E-state index contributed by atoms with van der Waals surface area (Å²) in [5.74, 6) is 1.55. The summed E-state index contributed by atoms with van der Waals surface area (Å²) in [5, 5.41) is 0. The summed E-state index contributed by atoms with van der Waals surface area (Å²) in [6.45, 7) is 11.3. The molecule has 0 radical (unpaired) electrons. The lowest BCUT2D eigenvalue weighted by atomic mass is 9.43. The maximum absolute atomic E-state index is 12.2. The number of carbonyl (C=O) groups is 3. The summed E-state index contributed by atoms with van der Waals surface area (Å²) < 4.78 is 17.4. The third-order valence-electron chi connectivity index (χ3n) is 10.2. The minimum absolute atomic E-state index is 0.00566. The van der Waals surface area contributed by atoms with Crippen molar-refractivity contribution in [3.8, 4) is 0 Å². The molecule has 6 heteroatoms. The van der Waals surface area contributed by atoms with Crippen LogP contribution in [0.15, 0.2) is 0 Å². The molecule has 10 atom stereocenters. The Balaban J connectivity index is 1.63. The Morgan fingerprint density at radius 2 is 1.55 bits per heavy atom. The van der Waals surface area contributed by atoms with E-state index >= 15 is 0 Å². The zero-order valence-electron chi connectivity index (χ0n) is 21.2. The fourth-order valence-electron chi connectivity index (χ4n) is 9.13. The molecule has 0 aromatic carbocycles. The lowest BCUT2D eigenvalue weighted by Gasteiger charge is -2.63. The Bertz CT molecular complexity index is 793. The summed E-state index contributed by atoms with van der Waals surface area (Å²) >= 11 is 0. The maximum Gasteiger partial charge on any atom is 0.302 e. The van der Waals surface area contributed by atoms with E-state index in [0.29, 0.717) is 23.7 Å². The third-order valence-corrected chi connectivity index (χ3v) is 10.2. The number of carbonyl (C=O) groups excluding carboxylic acids is 3. The Hall–Kier alpha value is -1.59. The van der Waals surface area contributed by atoms with Gasteiger partial charge in [0.15, 0.2) is 0 Å². The van der Waals surface area contributed by atoms with Crippen molar-refractivity contribution in [2.75, 3.05) is 0 Å². The van der Waals surface area contributed by atoms with Gasteiger partial charge in [-0.05, 0) is 86.9 Å². The van der Waals surface area contributed by atoms with E-state index in [-0.39, 0.29) is 53.0 Å². The van der Waals surface area contributed by atoms with E-state index < -0.39 is 0 Å². The molecule has 4 fully saturated rings. The van der Waals surface area contributed by atoms with Gasteiger partial charge in [0.2, 0.25) is 0 Å². The van der Waals surface area contributed by atoms with Gasteiger partial charge in [-0.25, -0.2) is 0 Å². The molecule has 0 aromatic heterocycles. The van der Waals surface area contributed by atoms with Crippen molar-refractivity contribution in [2.24, 2.45) is 40.4 Å². The second kappa shape index (κ2) is 8.88. The monoisotopic (exact) mass is 462 g/mol. The molecular weight excluding hydrogens is 420 g/mol. The molecule has 4 aliphatic rings. The van der Waals surface area contributed by atoms with Crippen LogP contribution in [0.25, 0.3) is 0 Å². The molecule has 33 heavy (non-hydrogen) atoms. The molecule has 186 valence electrons. The van der Waals surface area contributed by atoms with E-state index in [0.717, 1.165) is 51.4 Å². The van der Waals surface area contributed by atoms with E-state index in [2.05, 4.69) is 13.8 Å². The minimum atomic E-state index is -0.225. The van der Waals surface area contributed by atoms with Crippen molar-refractivity contribution in [2.45, 2.75) is 111 Å². The molecule has 0 heterocycles. The second-order valence-corrected chi connectivity index (χ2v) is 11.9. The molecule has 4 aliphatic carbocycles. The summed E-state index contributed by atoms with van der Waals surface area (Å²) in [4.78, 5) is 35.5. The zero-order valence-corrected chi connectivity index (χ0v) is 21.2. The number of fused-ring (bicyclic) bond motifs is 5. The van der Waals surface area contributed by atoms with E-state index in [1.807, 2.05) is 6.92 Å². The summed E-state index contributed by atoms with van der Waals surface area (Å²) in [5.41, 5.74) is 0.0783. The van der Waals surface area contributed by atoms with Gasteiger partial charge >= 0.3 is 17.9 Å². The molecule has 4 rings (SSSR count). The molecule has 0 spiro atoms. The molecule has 0 aromatic rings. The lowest BCUT2D eigenvalue weighted by Crippen LogP contribution is -2.60. The van der Waals surface area contributed by atoms with E-state index in [1.165, 1.54) is 20.8 Å². The number of ether oxygens (including phenoxy) is 3. The van der Waals surface area contributed by atoms with Gasteiger partial charge < -0.3 is 14.2 Å². The van der Waals surface area contributed by atoms with Crippen LogP contribution in [0.1, 0.15) is 92.9 Å². The van der Waals surface area contributed by atoms with Crippen molar-refractivity contribution >= 4 is 17.9 Å². The minimum Gasteiger partial charge on any atom is -0.463 e. The van der Waals surface area contributed by atoms with Gasteiger partial charge in [-0.2, -0.15) is 0 Å². The predicted molar refractivity (Wildman–Crippen MR) is 123 cm³/mol. The topological polar surface area (TPSA) is 78.9 Å². The largest absolute Gasteiger partial charge is 0.463 e. The highest BCUT2D eigenvalue weighted by Gasteiger charge is 2.65. The van der Waals surface area contributed by atoms with Gasteiger partial charge in [0.25, 0.3) is 0 Å². The Kier molecular flexibility index (Phi) is 6.60. The molecule has 0 bridgehead atoms. The molecule has 0 aliphatic heterocycles. The third kappa shape index (κ3) is 4.32. The van der Waals surface area contributed by atoms with Crippen molar-refractivity contribution in [1.29, 1.82) is 0 Å². The van der Waals surface area contributed by atoms with Crippen LogP contribution in [0, 0.1) is 40.4 Å². The van der Waals surface area contributed by atoms with Crippen LogP contribution in [0.3, 0.4) is 0 Å². The van der Waals surface area contributed by atoms with Gasteiger partial charge in [0.05, 0.1) is 0 Å². The van der Waals surface area contributed by atoms with Crippen LogP contribution in [-0.4, -0.2) is 36.2 Å². The average molecular weight is 463 g/mol. The van der Waals surface area contributed by atoms with Crippen molar-refractivity contribution in [3.63, 3.8) is 0 Å². The van der Waals surface area contributed by atoms with E-state index in [9.17, 15) is 14.4 Å².